The third-order valence-electron chi connectivity index (χ3n) is 6.62. The van der Waals surface area contributed by atoms with Crippen LogP contribution in [0.15, 0.2) is 24.4 Å². The van der Waals surface area contributed by atoms with Gasteiger partial charge in [0.25, 0.3) is 5.91 Å². The van der Waals surface area contributed by atoms with Crippen molar-refractivity contribution in [3.63, 3.8) is 0 Å². The molecule has 1 saturated heterocycles. The number of methoxy groups -OCH3 is 1. The molecule has 1 unspecified atom stereocenters. The van der Waals surface area contributed by atoms with Gasteiger partial charge in [-0.1, -0.05) is 20.3 Å². The Morgan fingerprint density at radius 2 is 2.11 bits per heavy atom. The second kappa shape index (κ2) is 12.7. The summed E-state index contributed by atoms with van der Waals surface area (Å²) in [4.78, 5) is 22.1. The van der Waals surface area contributed by atoms with E-state index in [0.29, 0.717) is 29.9 Å². The monoisotopic (exact) mass is 484 g/mol. The van der Waals surface area contributed by atoms with Gasteiger partial charge in [-0.15, -0.1) is 0 Å². The van der Waals surface area contributed by atoms with Gasteiger partial charge in [-0.25, -0.2) is 9.97 Å². The molecule has 0 spiro atoms. The molecule has 2 aromatic rings. The summed E-state index contributed by atoms with van der Waals surface area (Å²) in [5, 5.41) is 6.54. The van der Waals surface area contributed by atoms with E-state index in [4.69, 9.17) is 10.5 Å². The van der Waals surface area contributed by atoms with Crippen LogP contribution in [0.3, 0.4) is 0 Å². The average molecular weight is 485 g/mol. The van der Waals surface area contributed by atoms with Gasteiger partial charge >= 0.3 is 0 Å². The molecular weight excluding hydrogens is 444 g/mol. The van der Waals surface area contributed by atoms with Crippen LogP contribution in [0.4, 0.5) is 17.3 Å². The molecule has 1 aliphatic carbocycles. The quantitative estimate of drug-likeness (QED) is 0.591. The van der Waals surface area contributed by atoms with Crippen molar-refractivity contribution in [3.05, 3.63) is 35.7 Å². The molecule has 0 bridgehead atoms. The number of amides is 1. The number of aryl methyl sites for hydroxylation is 1. The number of nitrogens with zero attached hydrogens (tertiary/aromatic N) is 3. The fraction of sp³-hybridized carbons (Fsp3) is 0.577. The summed E-state index contributed by atoms with van der Waals surface area (Å²) >= 11 is 0. The molecule has 2 atom stereocenters. The molecule has 2 fully saturated rings. The first-order valence-electron chi connectivity index (χ1n) is 12.4. The number of nitrogens with one attached hydrogen (secondary N) is 2. The Labute approximate surface area is 208 Å². The number of anilines is 3. The van der Waals surface area contributed by atoms with Crippen LogP contribution in [0.2, 0.25) is 0 Å². The number of hydrogen-bond acceptors (Lipinski definition) is 8. The fourth-order valence-electron chi connectivity index (χ4n) is 4.25. The van der Waals surface area contributed by atoms with Crippen LogP contribution in [-0.4, -0.2) is 62.4 Å². The van der Waals surface area contributed by atoms with Gasteiger partial charge in [0.15, 0.2) is 0 Å². The summed E-state index contributed by atoms with van der Waals surface area (Å²) in [5.41, 5.74) is 8.10. The first-order chi connectivity index (χ1) is 16.9. The number of benzene rings is 1. The predicted molar refractivity (Wildman–Crippen MR) is 140 cm³/mol. The summed E-state index contributed by atoms with van der Waals surface area (Å²) < 4.78 is 10.2. The first kappa shape index (κ1) is 26.7. The second-order valence-electron chi connectivity index (χ2n) is 9.36. The van der Waals surface area contributed by atoms with Gasteiger partial charge in [0, 0.05) is 51.8 Å². The lowest BCUT2D eigenvalue weighted by Gasteiger charge is -2.42. The van der Waals surface area contributed by atoms with Crippen LogP contribution in [0.5, 0.6) is 5.75 Å². The zero-order chi connectivity index (χ0) is 25.4. The highest BCUT2D eigenvalue weighted by Gasteiger charge is 2.29. The Hall–Kier alpha value is -2.91. The molecule has 1 aromatic heterocycles. The molecule has 4 N–H and O–H groups in total. The fourth-order valence-corrected chi connectivity index (χ4v) is 4.25. The minimum atomic E-state index is -0.531. The van der Waals surface area contributed by atoms with Crippen LogP contribution < -0.4 is 26.0 Å². The van der Waals surface area contributed by atoms with Crippen molar-refractivity contribution in [2.75, 3.05) is 50.7 Å². The van der Waals surface area contributed by atoms with Crippen LogP contribution in [0.25, 0.3) is 0 Å². The van der Waals surface area contributed by atoms with Gasteiger partial charge in [0.1, 0.15) is 12.4 Å². The molecule has 35 heavy (non-hydrogen) atoms. The number of hydrogen-bond donors (Lipinski definition) is 3. The zero-order valence-electron chi connectivity index (χ0n) is 21.6. The number of rotatable bonds is 5. The van der Waals surface area contributed by atoms with Crippen LogP contribution in [0, 0.1) is 18.8 Å². The van der Waals surface area contributed by atoms with E-state index in [1.54, 1.807) is 21.1 Å². The minimum Gasteiger partial charge on any atom is -0.489 e. The van der Waals surface area contributed by atoms with E-state index in [2.05, 4.69) is 50.2 Å². The molecule has 2 aliphatic heterocycles. The Morgan fingerprint density at radius 3 is 2.71 bits per heavy atom. The molecule has 1 saturated carbocycles. The minimum absolute atomic E-state index is 0.323. The first-order valence-corrected chi connectivity index (χ1v) is 12.4. The molecule has 192 valence electrons. The number of carbonyl (C=O) groups excluding carboxylic acids is 1. The van der Waals surface area contributed by atoms with Crippen molar-refractivity contribution >= 4 is 23.2 Å². The molecule has 5 rings (SSSR count). The summed E-state index contributed by atoms with van der Waals surface area (Å²) in [6, 6.07) is 6.37. The number of piperazine rings is 1. The van der Waals surface area contributed by atoms with E-state index >= 15 is 0 Å². The van der Waals surface area contributed by atoms with Crippen LogP contribution >= 0.6 is 0 Å². The Bertz CT molecular complexity index is 982. The zero-order valence-corrected chi connectivity index (χ0v) is 21.6. The van der Waals surface area contributed by atoms with Crippen molar-refractivity contribution in [2.24, 2.45) is 17.6 Å². The summed E-state index contributed by atoms with van der Waals surface area (Å²) in [6.07, 6.45) is 5.84. The Balaban J connectivity index is 0.000000288. The second-order valence-corrected chi connectivity index (χ2v) is 9.36. The van der Waals surface area contributed by atoms with Crippen molar-refractivity contribution in [3.8, 4) is 5.75 Å². The van der Waals surface area contributed by atoms with Crippen molar-refractivity contribution < 1.29 is 14.3 Å². The van der Waals surface area contributed by atoms with E-state index in [0.717, 1.165) is 48.6 Å². The van der Waals surface area contributed by atoms with E-state index < -0.39 is 5.91 Å². The van der Waals surface area contributed by atoms with E-state index in [1.165, 1.54) is 25.5 Å². The van der Waals surface area contributed by atoms with Gasteiger partial charge in [-0.05, 0) is 43.7 Å². The lowest BCUT2D eigenvalue weighted by molar-refractivity contribution is 0.0999. The smallest absolute Gasteiger partial charge is 0.252 e. The van der Waals surface area contributed by atoms with E-state index in [-0.39, 0.29) is 0 Å². The van der Waals surface area contributed by atoms with Gasteiger partial charge in [-0.2, -0.15) is 0 Å². The molecule has 3 heterocycles. The molecular formula is C26H40N6O3. The summed E-state index contributed by atoms with van der Waals surface area (Å²) in [5.74, 6) is 2.87. The maximum atomic E-state index is 11.3. The molecule has 1 amide bonds. The van der Waals surface area contributed by atoms with Crippen molar-refractivity contribution in [1.29, 1.82) is 0 Å². The number of aromatic nitrogens is 2. The highest BCUT2D eigenvalue weighted by Crippen LogP contribution is 2.38. The Kier molecular flexibility index (Phi) is 9.68. The van der Waals surface area contributed by atoms with E-state index in [9.17, 15) is 4.79 Å². The third-order valence-corrected chi connectivity index (χ3v) is 6.62. The number of fused-ring (bicyclic) bond motifs is 3. The maximum Gasteiger partial charge on any atom is 0.252 e. The number of primary amides is 1. The SMILES string of the molecule is CCC(C)C1CC1.COC.Cc1nc(Nc2ccc3c(c2)OC[C@H]2CNCCN32)ncc1C(N)=O. The number of carbonyl (C=O) groups is 1. The normalized spacial score (nSPS) is 18.9. The highest BCUT2D eigenvalue weighted by molar-refractivity contribution is 5.93. The van der Waals surface area contributed by atoms with Crippen LogP contribution in [-0.2, 0) is 4.74 Å². The van der Waals surface area contributed by atoms with Crippen LogP contribution in [0.1, 0.15) is 49.2 Å². The molecule has 1 aromatic carbocycles. The highest BCUT2D eigenvalue weighted by atomic mass is 16.5. The topological polar surface area (TPSA) is 115 Å². The lowest BCUT2D eigenvalue weighted by atomic mass is 10.0. The van der Waals surface area contributed by atoms with Gasteiger partial charge in [0.05, 0.1) is 23.0 Å². The van der Waals surface area contributed by atoms with Crippen molar-refractivity contribution in [1.82, 2.24) is 15.3 Å². The third kappa shape index (κ3) is 7.29. The molecule has 9 nitrogen and oxygen atoms in total. The molecule has 3 aliphatic rings. The van der Waals surface area contributed by atoms with Gasteiger partial charge < -0.3 is 30.7 Å². The maximum absolute atomic E-state index is 11.3. The number of nitrogens with two attached hydrogens (primary N) is 1. The van der Waals surface area contributed by atoms with Crippen molar-refractivity contribution in [2.45, 2.75) is 46.1 Å². The molecule has 0 radical (unpaired) electrons. The molecule has 9 heteroatoms. The predicted octanol–water partition coefficient (Wildman–Crippen LogP) is 3.50. The lowest BCUT2D eigenvalue weighted by Crippen LogP contribution is -2.55. The summed E-state index contributed by atoms with van der Waals surface area (Å²) in [7, 11) is 3.25. The number of ether oxygens (including phenoxy) is 2. The Morgan fingerprint density at radius 1 is 1.37 bits per heavy atom. The van der Waals surface area contributed by atoms with Gasteiger partial charge in [0.2, 0.25) is 5.95 Å². The largest absolute Gasteiger partial charge is 0.489 e. The average Bonchev–Trinajstić information content (AvgIpc) is 3.70. The summed E-state index contributed by atoms with van der Waals surface area (Å²) in [6.45, 7) is 9.94. The standard InChI is InChI=1S/C17H20N6O2.C7H14.C2H6O/c1-10-13(16(18)24)8-20-17(21-10)22-11-2-3-14-15(6-11)25-9-12-7-19-4-5-23(12)14;1-3-6(2)7-4-5-7;1-3-2/h2-3,6,8,12,19H,4-5,7,9H2,1H3,(H2,18,24)(H,20,21,22);6-7H,3-5H2,1-2H3;1-2H3/t12-;;/m1../s1. The van der Waals surface area contributed by atoms with Gasteiger partial charge in [-0.3, -0.25) is 4.79 Å². The van der Waals surface area contributed by atoms with E-state index in [1.807, 2.05) is 12.1 Å².